The minimum Gasteiger partial charge on any atom is -0.371 e. The van der Waals surface area contributed by atoms with Crippen molar-refractivity contribution >= 4 is 28.9 Å². The van der Waals surface area contributed by atoms with Crippen molar-refractivity contribution < 1.29 is 14.3 Å². The number of hydrogen-bond donors (Lipinski definition) is 1. The summed E-state index contributed by atoms with van der Waals surface area (Å²) in [7, 11) is 0. The molecule has 5 nitrogen and oxygen atoms in total. The van der Waals surface area contributed by atoms with E-state index in [1.165, 1.54) is 0 Å². The van der Waals surface area contributed by atoms with E-state index in [-0.39, 0.29) is 11.7 Å². The average molecular weight is 373 g/mol. The van der Waals surface area contributed by atoms with Crippen LogP contribution in [-0.4, -0.2) is 38.0 Å². The maximum atomic E-state index is 12.3. The monoisotopic (exact) mass is 372 g/mol. The maximum absolute atomic E-state index is 12.3. The van der Waals surface area contributed by atoms with E-state index in [0.29, 0.717) is 23.8 Å². The van der Waals surface area contributed by atoms with Gasteiger partial charge in [-0.15, -0.1) is 0 Å². The van der Waals surface area contributed by atoms with Crippen LogP contribution >= 0.6 is 11.6 Å². The van der Waals surface area contributed by atoms with Crippen LogP contribution in [0.5, 0.6) is 0 Å². The number of nitrogens with zero attached hydrogens (tertiary/aromatic N) is 1. The lowest BCUT2D eigenvalue weighted by Crippen LogP contribution is -2.45. The lowest BCUT2D eigenvalue weighted by atomic mass is 10.0. The Bertz CT molecular complexity index is 778. The number of anilines is 2. The molecular weight excluding hydrogens is 352 g/mol. The largest absolute Gasteiger partial charge is 0.371 e. The number of piperidine rings is 1. The summed E-state index contributed by atoms with van der Waals surface area (Å²) in [6.45, 7) is 3.18. The molecule has 2 aromatic rings. The Morgan fingerprint density at radius 1 is 1.00 bits per heavy atom. The Morgan fingerprint density at radius 3 is 2.31 bits per heavy atom. The SMILES string of the molecule is O=C(Nc1ccc(N2CCC3(CC2)OCCO3)cc1)c1ccccc1Cl. The van der Waals surface area contributed by atoms with Crippen molar-refractivity contribution in [3.05, 3.63) is 59.1 Å². The van der Waals surface area contributed by atoms with E-state index in [9.17, 15) is 4.79 Å². The molecule has 1 spiro atoms. The molecule has 1 amide bonds. The molecule has 2 aliphatic rings. The van der Waals surface area contributed by atoms with Gasteiger partial charge < -0.3 is 19.7 Å². The number of carbonyl (C=O) groups excluding carboxylic acids is 1. The molecule has 0 unspecified atom stereocenters. The molecular formula is C20H21ClN2O3. The number of ether oxygens (including phenoxy) is 2. The lowest BCUT2D eigenvalue weighted by Gasteiger charge is -2.38. The number of rotatable bonds is 3. The molecule has 0 aliphatic carbocycles. The highest BCUT2D eigenvalue weighted by molar-refractivity contribution is 6.34. The molecule has 2 saturated heterocycles. The Kier molecular flexibility index (Phi) is 4.85. The van der Waals surface area contributed by atoms with Crippen LogP contribution in [0.3, 0.4) is 0 Å². The van der Waals surface area contributed by atoms with E-state index in [4.69, 9.17) is 21.1 Å². The fourth-order valence-electron chi connectivity index (χ4n) is 3.49. The van der Waals surface area contributed by atoms with Crippen LogP contribution in [0.2, 0.25) is 5.02 Å². The van der Waals surface area contributed by atoms with E-state index < -0.39 is 0 Å². The average Bonchev–Trinajstić information content (AvgIpc) is 3.11. The van der Waals surface area contributed by atoms with Crippen LogP contribution in [0.4, 0.5) is 11.4 Å². The summed E-state index contributed by atoms with van der Waals surface area (Å²) >= 11 is 6.08. The lowest BCUT2D eigenvalue weighted by molar-refractivity contribution is -0.169. The van der Waals surface area contributed by atoms with E-state index in [1.807, 2.05) is 24.3 Å². The Morgan fingerprint density at radius 2 is 1.65 bits per heavy atom. The second-order valence-electron chi connectivity index (χ2n) is 6.58. The third-order valence-corrected chi connectivity index (χ3v) is 5.28. The van der Waals surface area contributed by atoms with Gasteiger partial charge in [0.1, 0.15) is 0 Å². The zero-order valence-corrected chi connectivity index (χ0v) is 15.2. The van der Waals surface area contributed by atoms with Crippen LogP contribution in [0, 0.1) is 0 Å². The molecule has 2 fully saturated rings. The van der Waals surface area contributed by atoms with Crippen molar-refractivity contribution in [2.75, 3.05) is 36.5 Å². The summed E-state index contributed by atoms with van der Waals surface area (Å²) in [5.41, 5.74) is 2.35. The third kappa shape index (κ3) is 3.56. The smallest absolute Gasteiger partial charge is 0.257 e. The molecule has 1 N–H and O–H groups in total. The molecule has 0 aromatic heterocycles. The van der Waals surface area contributed by atoms with Crippen LogP contribution in [-0.2, 0) is 9.47 Å². The second-order valence-corrected chi connectivity index (χ2v) is 6.98. The molecule has 4 rings (SSSR count). The van der Waals surface area contributed by atoms with Crippen molar-refractivity contribution in [2.45, 2.75) is 18.6 Å². The van der Waals surface area contributed by atoms with Crippen LogP contribution in [0.15, 0.2) is 48.5 Å². The number of carbonyl (C=O) groups is 1. The van der Waals surface area contributed by atoms with E-state index in [1.54, 1.807) is 24.3 Å². The predicted molar refractivity (Wildman–Crippen MR) is 102 cm³/mol. The molecule has 0 radical (unpaired) electrons. The maximum Gasteiger partial charge on any atom is 0.257 e. The first-order valence-corrected chi connectivity index (χ1v) is 9.22. The van der Waals surface area contributed by atoms with Crippen LogP contribution in [0.1, 0.15) is 23.2 Å². The van der Waals surface area contributed by atoms with Gasteiger partial charge in [-0.25, -0.2) is 0 Å². The standard InChI is InChI=1S/C20H21ClN2O3/c21-18-4-2-1-3-17(18)19(24)22-15-5-7-16(8-6-15)23-11-9-20(10-12-23)25-13-14-26-20/h1-8H,9-14H2,(H,22,24). The van der Waals surface area contributed by atoms with Gasteiger partial charge in [0.15, 0.2) is 5.79 Å². The van der Waals surface area contributed by atoms with Gasteiger partial charge >= 0.3 is 0 Å². The molecule has 2 heterocycles. The van der Waals surface area contributed by atoms with Gasteiger partial charge in [-0.3, -0.25) is 4.79 Å². The molecule has 2 aromatic carbocycles. The molecule has 2 aliphatic heterocycles. The van der Waals surface area contributed by atoms with Gasteiger partial charge in [-0.05, 0) is 36.4 Å². The Balaban J connectivity index is 1.38. The van der Waals surface area contributed by atoms with E-state index in [2.05, 4.69) is 10.2 Å². The van der Waals surface area contributed by atoms with Gasteiger partial charge in [0.25, 0.3) is 5.91 Å². The van der Waals surface area contributed by atoms with Crippen LogP contribution < -0.4 is 10.2 Å². The Labute approximate surface area is 157 Å². The Hall–Kier alpha value is -2.08. The number of hydrogen-bond acceptors (Lipinski definition) is 4. The first-order chi connectivity index (χ1) is 12.7. The topological polar surface area (TPSA) is 50.8 Å². The van der Waals surface area contributed by atoms with Crippen molar-refractivity contribution in [3.63, 3.8) is 0 Å². The third-order valence-electron chi connectivity index (χ3n) is 4.95. The van der Waals surface area contributed by atoms with Crippen molar-refractivity contribution in [1.29, 1.82) is 0 Å². The van der Waals surface area contributed by atoms with Crippen molar-refractivity contribution in [2.24, 2.45) is 0 Å². The zero-order chi connectivity index (χ0) is 18.0. The summed E-state index contributed by atoms with van der Waals surface area (Å²) in [5.74, 6) is -0.571. The summed E-state index contributed by atoms with van der Waals surface area (Å²) in [6.07, 6.45) is 1.75. The highest BCUT2D eigenvalue weighted by Gasteiger charge is 2.39. The quantitative estimate of drug-likeness (QED) is 0.886. The van der Waals surface area contributed by atoms with Crippen molar-refractivity contribution in [3.8, 4) is 0 Å². The number of halogens is 1. The molecule has 6 heteroatoms. The second kappa shape index (κ2) is 7.27. The van der Waals surface area contributed by atoms with Crippen molar-refractivity contribution in [1.82, 2.24) is 0 Å². The van der Waals surface area contributed by atoms with Gasteiger partial charge in [0, 0.05) is 37.3 Å². The number of amides is 1. The summed E-state index contributed by atoms with van der Waals surface area (Å²) in [5, 5.41) is 3.33. The fourth-order valence-corrected chi connectivity index (χ4v) is 3.71. The predicted octanol–water partition coefficient (Wildman–Crippen LogP) is 3.94. The van der Waals surface area contributed by atoms with Crippen LogP contribution in [0.25, 0.3) is 0 Å². The summed E-state index contributed by atoms with van der Waals surface area (Å²) in [4.78, 5) is 14.6. The fraction of sp³-hybridized carbons (Fsp3) is 0.350. The molecule has 0 bridgehead atoms. The summed E-state index contributed by atoms with van der Waals surface area (Å²) in [6, 6.07) is 14.9. The molecule has 0 atom stereocenters. The molecule has 136 valence electrons. The minimum atomic E-state index is -0.362. The van der Waals surface area contributed by atoms with Gasteiger partial charge in [-0.2, -0.15) is 0 Å². The minimum absolute atomic E-state index is 0.209. The van der Waals surface area contributed by atoms with E-state index in [0.717, 1.165) is 37.3 Å². The van der Waals surface area contributed by atoms with Gasteiger partial charge in [0.05, 0.1) is 23.8 Å². The molecule has 0 saturated carbocycles. The van der Waals surface area contributed by atoms with Gasteiger partial charge in [0.2, 0.25) is 0 Å². The molecule has 26 heavy (non-hydrogen) atoms. The highest BCUT2D eigenvalue weighted by atomic mass is 35.5. The zero-order valence-electron chi connectivity index (χ0n) is 14.4. The summed E-state index contributed by atoms with van der Waals surface area (Å²) < 4.78 is 11.5. The highest BCUT2D eigenvalue weighted by Crippen LogP contribution is 2.33. The van der Waals surface area contributed by atoms with Gasteiger partial charge in [-0.1, -0.05) is 23.7 Å². The first kappa shape index (κ1) is 17.3. The normalized spacial score (nSPS) is 18.9. The number of nitrogens with one attached hydrogen (secondary N) is 1. The number of benzene rings is 2. The van der Waals surface area contributed by atoms with E-state index >= 15 is 0 Å². The first-order valence-electron chi connectivity index (χ1n) is 8.84.